The third kappa shape index (κ3) is 5.87. The lowest BCUT2D eigenvalue weighted by molar-refractivity contribution is -0.148. The second-order valence-corrected chi connectivity index (χ2v) is 5.99. The van der Waals surface area contributed by atoms with Gasteiger partial charge >= 0.3 is 12.0 Å². The van der Waals surface area contributed by atoms with Gasteiger partial charge in [-0.1, -0.05) is 31.4 Å². The van der Waals surface area contributed by atoms with Gasteiger partial charge in [-0.15, -0.1) is 0 Å². The molecule has 6 nitrogen and oxygen atoms in total. The van der Waals surface area contributed by atoms with Crippen LogP contribution < -0.4 is 10.6 Å². The van der Waals surface area contributed by atoms with Gasteiger partial charge in [-0.05, 0) is 31.6 Å². The van der Waals surface area contributed by atoms with Crippen molar-refractivity contribution in [2.24, 2.45) is 5.92 Å². The minimum atomic E-state index is -0.594. The third-order valence-corrected chi connectivity index (χ3v) is 4.10. The lowest BCUT2D eigenvalue weighted by atomic mass is 9.96. The topological polar surface area (TPSA) is 84.5 Å². The molecule has 22 heavy (non-hydrogen) atoms. The summed E-state index contributed by atoms with van der Waals surface area (Å²) < 4.78 is 4.89. The standard InChI is InChI=1S/C16H24N2O4/c19-14(11-22-15(20)10-12-6-4-5-7-12)18-16(21)17-13-8-2-1-3-9-13/h4,6,12-13H,1-3,5,7-11H2,(H2,17,18,19,21)/t12-/m1/s1. The summed E-state index contributed by atoms with van der Waals surface area (Å²) in [5.41, 5.74) is 0. The van der Waals surface area contributed by atoms with Crippen LogP contribution in [0.3, 0.4) is 0 Å². The Morgan fingerprint density at radius 3 is 2.55 bits per heavy atom. The van der Waals surface area contributed by atoms with Gasteiger partial charge < -0.3 is 10.1 Å². The van der Waals surface area contributed by atoms with Gasteiger partial charge in [0.1, 0.15) is 0 Å². The summed E-state index contributed by atoms with van der Waals surface area (Å²) in [6.45, 7) is -0.409. The summed E-state index contributed by atoms with van der Waals surface area (Å²) in [6.07, 6.45) is 11.6. The quantitative estimate of drug-likeness (QED) is 0.601. The summed E-state index contributed by atoms with van der Waals surface area (Å²) in [5, 5.41) is 4.97. The molecule has 0 saturated heterocycles. The van der Waals surface area contributed by atoms with E-state index >= 15 is 0 Å². The molecule has 0 heterocycles. The maximum atomic E-state index is 11.7. The molecule has 0 aromatic rings. The van der Waals surface area contributed by atoms with Gasteiger partial charge in [0.25, 0.3) is 5.91 Å². The highest BCUT2D eigenvalue weighted by atomic mass is 16.5. The molecule has 2 aliphatic carbocycles. The molecule has 1 saturated carbocycles. The summed E-state index contributed by atoms with van der Waals surface area (Å²) in [7, 11) is 0. The van der Waals surface area contributed by atoms with Crippen molar-refractivity contribution in [1.29, 1.82) is 0 Å². The fourth-order valence-electron chi connectivity index (χ4n) is 2.92. The summed E-state index contributed by atoms with van der Waals surface area (Å²) in [6, 6.07) is -0.370. The number of allylic oxidation sites excluding steroid dienone is 2. The average molecular weight is 308 g/mol. The summed E-state index contributed by atoms with van der Waals surface area (Å²) in [5.74, 6) is -0.784. The molecule has 0 aliphatic heterocycles. The fourth-order valence-corrected chi connectivity index (χ4v) is 2.92. The van der Waals surface area contributed by atoms with E-state index in [0.717, 1.165) is 38.5 Å². The maximum absolute atomic E-state index is 11.7. The van der Waals surface area contributed by atoms with Gasteiger partial charge in [0, 0.05) is 6.04 Å². The Balaban J connectivity index is 1.59. The number of carbonyl (C=O) groups is 3. The zero-order chi connectivity index (χ0) is 15.8. The van der Waals surface area contributed by atoms with E-state index in [1.165, 1.54) is 6.42 Å². The predicted octanol–water partition coefficient (Wildman–Crippen LogP) is 2.04. The van der Waals surface area contributed by atoms with Crippen LogP contribution in [0.25, 0.3) is 0 Å². The Labute approximate surface area is 130 Å². The molecule has 3 amide bonds. The first-order valence-corrected chi connectivity index (χ1v) is 8.06. The minimum Gasteiger partial charge on any atom is -0.456 e. The van der Waals surface area contributed by atoms with Crippen molar-refractivity contribution < 1.29 is 19.1 Å². The van der Waals surface area contributed by atoms with Crippen LogP contribution in [-0.4, -0.2) is 30.6 Å². The number of hydrogen-bond acceptors (Lipinski definition) is 4. The minimum absolute atomic E-state index is 0.137. The van der Waals surface area contributed by atoms with Gasteiger partial charge in [-0.3, -0.25) is 14.9 Å². The first-order chi connectivity index (χ1) is 10.6. The van der Waals surface area contributed by atoms with Crippen LogP contribution in [0.5, 0.6) is 0 Å². The SMILES string of the molecule is O=C(COC(=O)C[C@@H]1C=CCC1)NC(=O)NC1CCCCC1. The van der Waals surface area contributed by atoms with Crippen LogP contribution in [0.15, 0.2) is 12.2 Å². The normalized spacial score (nSPS) is 21.4. The van der Waals surface area contributed by atoms with E-state index in [0.29, 0.717) is 0 Å². The van der Waals surface area contributed by atoms with Gasteiger partial charge in [0.2, 0.25) is 0 Å². The number of urea groups is 1. The molecule has 0 bridgehead atoms. The zero-order valence-corrected chi connectivity index (χ0v) is 12.8. The molecule has 0 aromatic heterocycles. The second kappa shape index (κ2) is 8.56. The molecule has 0 unspecified atom stereocenters. The first-order valence-electron chi connectivity index (χ1n) is 8.06. The molecule has 1 atom stereocenters. The van der Waals surface area contributed by atoms with Crippen LogP contribution in [-0.2, 0) is 14.3 Å². The molecular formula is C16H24N2O4. The van der Waals surface area contributed by atoms with E-state index in [4.69, 9.17) is 4.74 Å². The Morgan fingerprint density at radius 1 is 1.09 bits per heavy atom. The number of rotatable bonds is 5. The molecule has 0 aromatic carbocycles. The molecular weight excluding hydrogens is 284 g/mol. The van der Waals surface area contributed by atoms with Gasteiger partial charge in [-0.25, -0.2) is 4.79 Å². The van der Waals surface area contributed by atoms with Crippen LogP contribution >= 0.6 is 0 Å². The lowest BCUT2D eigenvalue weighted by Gasteiger charge is -2.22. The Morgan fingerprint density at radius 2 is 1.86 bits per heavy atom. The van der Waals surface area contributed by atoms with Crippen molar-refractivity contribution in [3.63, 3.8) is 0 Å². The van der Waals surface area contributed by atoms with Crippen LogP contribution in [0.4, 0.5) is 4.79 Å². The monoisotopic (exact) mass is 308 g/mol. The molecule has 0 spiro atoms. The smallest absolute Gasteiger partial charge is 0.321 e. The van der Waals surface area contributed by atoms with Crippen LogP contribution in [0, 0.1) is 5.92 Å². The third-order valence-electron chi connectivity index (χ3n) is 4.10. The summed E-state index contributed by atoms with van der Waals surface area (Å²) >= 11 is 0. The predicted molar refractivity (Wildman–Crippen MR) is 81.0 cm³/mol. The van der Waals surface area contributed by atoms with Crippen molar-refractivity contribution in [3.05, 3.63) is 12.2 Å². The number of esters is 1. The lowest BCUT2D eigenvalue weighted by Crippen LogP contribution is -2.46. The number of amides is 3. The number of nitrogens with one attached hydrogen (secondary N) is 2. The highest BCUT2D eigenvalue weighted by Crippen LogP contribution is 2.20. The van der Waals surface area contributed by atoms with E-state index in [1.807, 2.05) is 12.2 Å². The second-order valence-electron chi connectivity index (χ2n) is 5.99. The maximum Gasteiger partial charge on any atom is 0.321 e. The van der Waals surface area contributed by atoms with Crippen molar-refractivity contribution in [2.45, 2.75) is 57.4 Å². The number of ether oxygens (including phenoxy) is 1. The zero-order valence-electron chi connectivity index (χ0n) is 12.8. The average Bonchev–Trinajstić information content (AvgIpc) is 2.99. The Kier molecular flexibility index (Phi) is 6.43. The number of imide groups is 1. The molecule has 2 rings (SSSR count). The molecule has 122 valence electrons. The van der Waals surface area contributed by atoms with Crippen molar-refractivity contribution in [3.8, 4) is 0 Å². The number of hydrogen-bond donors (Lipinski definition) is 2. The van der Waals surface area contributed by atoms with Crippen LogP contribution in [0.1, 0.15) is 51.4 Å². The van der Waals surface area contributed by atoms with Crippen molar-refractivity contribution >= 4 is 17.9 Å². The van der Waals surface area contributed by atoms with Crippen molar-refractivity contribution in [1.82, 2.24) is 10.6 Å². The van der Waals surface area contributed by atoms with E-state index in [-0.39, 0.29) is 18.4 Å². The first kappa shape index (κ1) is 16.5. The fraction of sp³-hybridized carbons (Fsp3) is 0.688. The van der Waals surface area contributed by atoms with Crippen molar-refractivity contribution in [2.75, 3.05) is 6.61 Å². The molecule has 2 aliphatic rings. The number of carbonyl (C=O) groups excluding carboxylic acids is 3. The molecule has 2 N–H and O–H groups in total. The highest BCUT2D eigenvalue weighted by Gasteiger charge is 2.19. The highest BCUT2D eigenvalue weighted by molar-refractivity contribution is 5.95. The molecule has 6 heteroatoms. The van der Waals surface area contributed by atoms with E-state index in [1.54, 1.807) is 0 Å². The summed E-state index contributed by atoms with van der Waals surface area (Å²) in [4.78, 5) is 34.8. The van der Waals surface area contributed by atoms with Gasteiger partial charge in [0.05, 0.1) is 6.42 Å². The Bertz CT molecular complexity index is 441. The van der Waals surface area contributed by atoms with E-state index < -0.39 is 24.5 Å². The van der Waals surface area contributed by atoms with Gasteiger partial charge in [0.15, 0.2) is 6.61 Å². The molecule has 0 radical (unpaired) electrons. The molecule has 1 fully saturated rings. The van der Waals surface area contributed by atoms with Crippen LogP contribution in [0.2, 0.25) is 0 Å². The van der Waals surface area contributed by atoms with E-state index in [2.05, 4.69) is 10.6 Å². The Hall–Kier alpha value is -1.85. The van der Waals surface area contributed by atoms with E-state index in [9.17, 15) is 14.4 Å². The van der Waals surface area contributed by atoms with Gasteiger partial charge in [-0.2, -0.15) is 0 Å². The largest absolute Gasteiger partial charge is 0.456 e.